The zero-order chi connectivity index (χ0) is 16.9. The number of hydrogen-bond donors (Lipinski definition) is 4. The second-order valence-corrected chi connectivity index (χ2v) is 6.22. The topological polar surface area (TPSA) is 139 Å². The lowest BCUT2D eigenvalue weighted by atomic mass is 10.2. The molecule has 1 aromatic carbocycles. The molecule has 0 saturated heterocycles. The van der Waals surface area contributed by atoms with E-state index >= 15 is 0 Å². The van der Waals surface area contributed by atoms with Gasteiger partial charge in [-0.15, -0.1) is 0 Å². The van der Waals surface area contributed by atoms with Crippen molar-refractivity contribution in [3.8, 4) is 11.5 Å². The van der Waals surface area contributed by atoms with Crippen LogP contribution in [0.5, 0.6) is 11.5 Å². The monoisotopic (exact) mass is 341 g/mol. The number of aromatic nitrogens is 2. The molecule has 1 heterocycles. The van der Waals surface area contributed by atoms with E-state index in [9.17, 15) is 13.5 Å². The molecule has 0 atom stereocenters. The third-order valence-electron chi connectivity index (χ3n) is 3.14. The predicted octanol–water partition coefficient (Wildman–Crippen LogP) is 0.329. The van der Waals surface area contributed by atoms with Crippen LogP contribution in [0.2, 0.25) is 0 Å². The Kier molecular flexibility index (Phi) is 5.53. The van der Waals surface area contributed by atoms with Crippen LogP contribution in [-0.2, 0) is 10.2 Å². The standard InChI is InChI=1S/C13H19N5O4S/c1-22-12-6-9-10(7-11(12)19)16-8-17-13(9)15-4-2-3-5-18-23(14,20)21/h6-8,18-19H,2-5H2,1H3,(H2,14,20,21)(H,15,16,17). The molecule has 126 valence electrons. The van der Waals surface area contributed by atoms with Gasteiger partial charge in [-0.25, -0.2) is 19.8 Å². The van der Waals surface area contributed by atoms with Crippen LogP contribution in [0.1, 0.15) is 12.8 Å². The number of aromatic hydroxyl groups is 1. The molecule has 0 radical (unpaired) electrons. The lowest BCUT2D eigenvalue weighted by Gasteiger charge is -2.10. The van der Waals surface area contributed by atoms with Gasteiger partial charge in [0.15, 0.2) is 11.5 Å². The summed E-state index contributed by atoms with van der Waals surface area (Å²) in [7, 11) is -2.16. The molecule has 9 nitrogen and oxygen atoms in total. The number of nitrogens with zero attached hydrogens (tertiary/aromatic N) is 2. The highest BCUT2D eigenvalue weighted by Gasteiger charge is 2.09. The van der Waals surface area contributed by atoms with E-state index in [2.05, 4.69) is 20.0 Å². The third kappa shape index (κ3) is 4.91. The molecule has 1 aromatic heterocycles. The first kappa shape index (κ1) is 17.2. The first-order valence-corrected chi connectivity index (χ1v) is 8.48. The number of ether oxygens (including phenoxy) is 1. The lowest BCUT2D eigenvalue weighted by molar-refractivity contribution is 0.374. The number of nitrogens with two attached hydrogens (primary N) is 1. The number of anilines is 1. The van der Waals surface area contributed by atoms with Crippen LogP contribution in [0.15, 0.2) is 18.5 Å². The van der Waals surface area contributed by atoms with Crippen molar-refractivity contribution in [2.24, 2.45) is 5.14 Å². The lowest BCUT2D eigenvalue weighted by Crippen LogP contribution is -2.31. The van der Waals surface area contributed by atoms with Gasteiger partial charge >= 0.3 is 0 Å². The molecule has 2 aromatic rings. The fourth-order valence-corrected chi connectivity index (χ4v) is 2.48. The number of phenolic OH excluding ortho intramolecular Hbond substituents is 1. The minimum atomic E-state index is -3.63. The molecular weight excluding hydrogens is 322 g/mol. The van der Waals surface area contributed by atoms with Crippen molar-refractivity contribution >= 4 is 26.9 Å². The summed E-state index contributed by atoms with van der Waals surface area (Å²) in [5.41, 5.74) is 0.594. The number of fused-ring (bicyclic) bond motifs is 1. The maximum absolute atomic E-state index is 10.7. The summed E-state index contributed by atoms with van der Waals surface area (Å²) in [6.45, 7) is 0.883. The number of nitrogens with one attached hydrogen (secondary N) is 2. The van der Waals surface area contributed by atoms with E-state index in [0.29, 0.717) is 30.0 Å². The Bertz CT molecular complexity index is 781. The highest BCUT2D eigenvalue weighted by Crippen LogP contribution is 2.32. The summed E-state index contributed by atoms with van der Waals surface area (Å²) in [4.78, 5) is 8.28. The predicted molar refractivity (Wildman–Crippen MR) is 86.6 cm³/mol. The van der Waals surface area contributed by atoms with E-state index in [0.717, 1.165) is 11.8 Å². The molecule has 2 rings (SSSR count). The van der Waals surface area contributed by atoms with Gasteiger partial charge in [0.1, 0.15) is 12.1 Å². The molecule has 10 heteroatoms. The van der Waals surface area contributed by atoms with Gasteiger partial charge in [-0.3, -0.25) is 0 Å². The number of benzene rings is 1. The molecule has 0 aliphatic heterocycles. The zero-order valence-corrected chi connectivity index (χ0v) is 13.4. The number of hydrogen-bond acceptors (Lipinski definition) is 7. The molecule has 0 fully saturated rings. The first-order chi connectivity index (χ1) is 10.9. The Labute approximate surface area is 134 Å². The Morgan fingerprint density at radius 3 is 2.70 bits per heavy atom. The maximum Gasteiger partial charge on any atom is 0.274 e. The number of phenols is 1. The number of methoxy groups -OCH3 is 1. The Morgan fingerprint density at radius 1 is 1.26 bits per heavy atom. The average molecular weight is 341 g/mol. The van der Waals surface area contributed by atoms with E-state index in [1.807, 2.05) is 0 Å². The van der Waals surface area contributed by atoms with Gasteiger partial charge in [0, 0.05) is 24.5 Å². The van der Waals surface area contributed by atoms with Gasteiger partial charge in [0.25, 0.3) is 10.2 Å². The minimum absolute atomic E-state index is 0.0127. The fraction of sp³-hybridized carbons (Fsp3) is 0.385. The molecular formula is C13H19N5O4S. The van der Waals surface area contributed by atoms with Gasteiger partial charge < -0.3 is 15.2 Å². The quantitative estimate of drug-likeness (QED) is 0.507. The van der Waals surface area contributed by atoms with Crippen molar-refractivity contribution in [1.29, 1.82) is 0 Å². The molecule has 23 heavy (non-hydrogen) atoms. The molecule has 5 N–H and O–H groups in total. The van der Waals surface area contributed by atoms with Crippen LogP contribution in [0, 0.1) is 0 Å². The van der Waals surface area contributed by atoms with Crippen LogP contribution in [-0.4, -0.2) is 43.7 Å². The van der Waals surface area contributed by atoms with Crippen molar-refractivity contribution in [2.75, 3.05) is 25.5 Å². The van der Waals surface area contributed by atoms with E-state index in [1.165, 1.54) is 19.5 Å². The van der Waals surface area contributed by atoms with Crippen LogP contribution in [0.25, 0.3) is 10.9 Å². The Morgan fingerprint density at radius 2 is 2.00 bits per heavy atom. The van der Waals surface area contributed by atoms with Gasteiger partial charge in [0.05, 0.1) is 12.6 Å². The smallest absolute Gasteiger partial charge is 0.274 e. The zero-order valence-electron chi connectivity index (χ0n) is 12.6. The highest BCUT2D eigenvalue weighted by molar-refractivity contribution is 7.87. The molecule has 0 amide bonds. The summed E-state index contributed by atoms with van der Waals surface area (Å²) in [6, 6.07) is 3.17. The van der Waals surface area contributed by atoms with Gasteiger partial charge in [0.2, 0.25) is 0 Å². The van der Waals surface area contributed by atoms with E-state index in [1.54, 1.807) is 6.07 Å². The molecule has 0 unspecified atom stereocenters. The molecule has 0 aliphatic carbocycles. The summed E-state index contributed by atoms with van der Waals surface area (Å²) in [5, 5.41) is 18.5. The molecule has 0 spiro atoms. The molecule has 0 aliphatic rings. The van der Waals surface area contributed by atoms with Crippen LogP contribution >= 0.6 is 0 Å². The third-order valence-corrected chi connectivity index (χ3v) is 3.74. The van der Waals surface area contributed by atoms with E-state index in [4.69, 9.17) is 9.88 Å². The molecule has 0 saturated carbocycles. The second-order valence-electron chi connectivity index (χ2n) is 4.84. The van der Waals surface area contributed by atoms with Crippen molar-refractivity contribution in [1.82, 2.24) is 14.7 Å². The van der Waals surface area contributed by atoms with Crippen LogP contribution in [0.3, 0.4) is 0 Å². The van der Waals surface area contributed by atoms with Crippen molar-refractivity contribution < 1.29 is 18.3 Å². The van der Waals surface area contributed by atoms with Gasteiger partial charge in [-0.2, -0.15) is 8.42 Å². The summed E-state index contributed by atoms with van der Waals surface area (Å²) >= 11 is 0. The average Bonchev–Trinajstić information content (AvgIpc) is 2.49. The van der Waals surface area contributed by atoms with Gasteiger partial charge in [-0.1, -0.05) is 0 Å². The minimum Gasteiger partial charge on any atom is -0.504 e. The highest BCUT2D eigenvalue weighted by atomic mass is 32.2. The summed E-state index contributed by atoms with van der Waals surface area (Å²) in [5.74, 6) is 0.971. The van der Waals surface area contributed by atoms with Gasteiger partial charge in [-0.05, 0) is 18.9 Å². The summed E-state index contributed by atoms with van der Waals surface area (Å²) < 4.78 is 28.8. The Balaban J connectivity index is 1.97. The van der Waals surface area contributed by atoms with Crippen molar-refractivity contribution in [3.63, 3.8) is 0 Å². The fourth-order valence-electron chi connectivity index (χ4n) is 2.05. The van der Waals surface area contributed by atoms with E-state index < -0.39 is 10.2 Å². The van der Waals surface area contributed by atoms with Crippen molar-refractivity contribution in [2.45, 2.75) is 12.8 Å². The van der Waals surface area contributed by atoms with Crippen LogP contribution in [0.4, 0.5) is 5.82 Å². The molecule has 0 bridgehead atoms. The Hall–Kier alpha value is -2.17. The summed E-state index contributed by atoms with van der Waals surface area (Å²) in [6.07, 6.45) is 2.76. The SMILES string of the molecule is COc1cc2c(NCCCCNS(N)(=O)=O)ncnc2cc1O. The van der Waals surface area contributed by atoms with E-state index in [-0.39, 0.29) is 12.3 Å². The number of unbranched alkanes of at least 4 members (excludes halogenated alkanes) is 1. The normalized spacial score (nSPS) is 11.6. The largest absolute Gasteiger partial charge is 0.504 e. The first-order valence-electron chi connectivity index (χ1n) is 6.93. The van der Waals surface area contributed by atoms with Crippen molar-refractivity contribution in [3.05, 3.63) is 18.5 Å². The number of rotatable bonds is 8. The van der Waals surface area contributed by atoms with Crippen LogP contribution < -0.4 is 19.9 Å². The second kappa shape index (κ2) is 7.40. The maximum atomic E-state index is 10.7.